The van der Waals surface area contributed by atoms with Gasteiger partial charge in [-0.2, -0.15) is 0 Å². The third kappa shape index (κ3) is 4.66. The van der Waals surface area contributed by atoms with Crippen LogP contribution in [0.3, 0.4) is 0 Å². The number of rotatable bonds is 5. The van der Waals surface area contributed by atoms with E-state index in [1.165, 1.54) is 6.92 Å². The summed E-state index contributed by atoms with van der Waals surface area (Å²) in [6.45, 7) is 2.60. The first-order valence-corrected chi connectivity index (χ1v) is 7.32. The minimum atomic E-state index is -0.295. The lowest BCUT2D eigenvalue weighted by atomic mass is 9.99. The molecule has 1 aliphatic rings. The van der Waals surface area contributed by atoms with E-state index in [-0.39, 0.29) is 30.1 Å². The summed E-state index contributed by atoms with van der Waals surface area (Å²) >= 11 is 0. The molecule has 1 heterocycles. The predicted molar refractivity (Wildman–Crippen MR) is 81.6 cm³/mol. The van der Waals surface area contributed by atoms with Crippen LogP contribution in [0.15, 0.2) is 24.3 Å². The van der Waals surface area contributed by atoms with E-state index < -0.39 is 0 Å². The fourth-order valence-electron chi connectivity index (χ4n) is 2.26. The van der Waals surface area contributed by atoms with E-state index in [1.807, 2.05) is 0 Å². The Balaban J connectivity index is 1.77. The number of hydrogen-bond donors (Lipinski definition) is 2. The average molecular weight is 304 g/mol. The van der Waals surface area contributed by atoms with E-state index in [0.717, 1.165) is 0 Å². The molecule has 0 radical (unpaired) electrons. The first kappa shape index (κ1) is 16.2. The van der Waals surface area contributed by atoms with Crippen LogP contribution in [0.4, 0.5) is 5.69 Å². The van der Waals surface area contributed by atoms with Gasteiger partial charge in [-0.05, 0) is 44.0 Å². The van der Waals surface area contributed by atoms with Crippen molar-refractivity contribution in [3.05, 3.63) is 29.8 Å². The van der Waals surface area contributed by atoms with Crippen molar-refractivity contribution in [3.8, 4) is 0 Å². The van der Waals surface area contributed by atoms with Crippen LogP contribution in [0.1, 0.15) is 30.1 Å². The van der Waals surface area contributed by atoms with Crippen molar-refractivity contribution in [1.82, 2.24) is 5.32 Å². The fourth-order valence-corrected chi connectivity index (χ4v) is 2.26. The number of carbonyl (C=O) groups is 3. The molecule has 118 valence electrons. The van der Waals surface area contributed by atoms with Gasteiger partial charge in [-0.1, -0.05) is 0 Å². The number of Topliss-reactive ketones (excluding diaryl/α,β-unsaturated/α-hetero) is 1. The molecule has 2 N–H and O–H groups in total. The Morgan fingerprint density at radius 2 is 1.77 bits per heavy atom. The van der Waals surface area contributed by atoms with Crippen LogP contribution in [0.25, 0.3) is 0 Å². The predicted octanol–water partition coefficient (Wildman–Crippen LogP) is 1.37. The average Bonchev–Trinajstić information content (AvgIpc) is 2.54. The highest BCUT2D eigenvalue weighted by atomic mass is 16.5. The number of amides is 2. The molecule has 1 saturated heterocycles. The molecule has 0 bridgehead atoms. The molecule has 22 heavy (non-hydrogen) atoms. The van der Waals surface area contributed by atoms with E-state index in [9.17, 15) is 14.4 Å². The minimum Gasteiger partial charge on any atom is -0.381 e. The van der Waals surface area contributed by atoms with Crippen LogP contribution in [0.5, 0.6) is 0 Å². The Hall–Kier alpha value is -2.21. The molecule has 0 saturated carbocycles. The second kappa shape index (κ2) is 7.70. The molecule has 6 heteroatoms. The summed E-state index contributed by atoms with van der Waals surface area (Å²) in [7, 11) is 0. The molecule has 1 fully saturated rings. The first-order valence-electron chi connectivity index (χ1n) is 7.32. The zero-order chi connectivity index (χ0) is 15.9. The Morgan fingerprint density at radius 1 is 1.14 bits per heavy atom. The maximum Gasteiger partial charge on any atom is 0.243 e. The van der Waals surface area contributed by atoms with Crippen LogP contribution in [-0.4, -0.2) is 37.4 Å². The summed E-state index contributed by atoms with van der Waals surface area (Å²) in [6, 6.07) is 6.63. The van der Waals surface area contributed by atoms with E-state index >= 15 is 0 Å². The van der Waals surface area contributed by atoms with Gasteiger partial charge >= 0.3 is 0 Å². The minimum absolute atomic E-state index is 0.0263. The van der Waals surface area contributed by atoms with E-state index in [4.69, 9.17) is 4.74 Å². The Morgan fingerprint density at radius 3 is 2.36 bits per heavy atom. The summed E-state index contributed by atoms with van der Waals surface area (Å²) in [6.07, 6.45) is 1.39. The fraction of sp³-hybridized carbons (Fsp3) is 0.438. The van der Waals surface area contributed by atoms with Gasteiger partial charge in [-0.15, -0.1) is 0 Å². The molecule has 1 aromatic rings. The van der Waals surface area contributed by atoms with Gasteiger partial charge in [0, 0.05) is 30.4 Å². The van der Waals surface area contributed by atoms with Gasteiger partial charge in [0.25, 0.3) is 0 Å². The van der Waals surface area contributed by atoms with Gasteiger partial charge in [0.05, 0.1) is 6.54 Å². The molecule has 6 nitrogen and oxygen atoms in total. The van der Waals surface area contributed by atoms with E-state index in [0.29, 0.717) is 37.3 Å². The smallest absolute Gasteiger partial charge is 0.243 e. The Kier molecular flexibility index (Phi) is 5.66. The summed E-state index contributed by atoms with van der Waals surface area (Å²) < 4.78 is 5.20. The number of ketones is 1. The summed E-state index contributed by atoms with van der Waals surface area (Å²) in [4.78, 5) is 34.9. The third-order valence-corrected chi connectivity index (χ3v) is 3.59. The van der Waals surface area contributed by atoms with Crippen LogP contribution in [-0.2, 0) is 14.3 Å². The quantitative estimate of drug-likeness (QED) is 0.805. The van der Waals surface area contributed by atoms with Crippen molar-refractivity contribution in [3.63, 3.8) is 0 Å². The van der Waals surface area contributed by atoms with Gasteiger partial charge < -0.3 is 15.4 Å². The molecular formula is C16H20N2O4. The van der Waals surface area contributed by atoms with E-state index in [1.54, 1.807) is 24.3 Å². The molecule has 2 rings (SSSR count). The number of ether oxygens (including phenoxy) is 1. The summed E-state index contributed by atoms with van der Waals surface area (Å²) in [5, 5.41) is 5.32. The lowest BCUT2D eigenvalue weighted by molar-refractivity contribution is -0.129. The van der Waals surface area contributed by atoms with E-state index in [2.05, 4.69) is 10.6 Å². The molecule has 0 aromatic heterocycles. The largest absolute Gasteiger partial charge is 0.381 e. The molecule has 0 atom stereocenters. The first-order chi connectivity index (χ1) is 10.6. The van der Waals surface area contributed by atoms with Crippen molar-refractivity contribution in [2.75, 3.05) is 25.1 Å². The number of anilines is 1. The molecule has 2 amide bonds. The lowest BCUT2D eigenvalue weighted by Gasteiger charge is -2.21. The summed E-state index contributed by atoms with van der Waals surface area (Å²) in [5.74, 6) is -0.501. The second-order valence-corrected chi connectivity index (χ2v) is 5.29. The SMILES string of the molecule is CC(=O)c1ccc(NC(=O)CNC(=O)C2CCOCC2)cc1. The highest BCUT2D eigenvalue weighted by molar-refractivity contribution is 5.97. The monoisotopic (exact) mass is 304 g/mol. The third-order valence-electron chi connectivity index (χ3n) is 3.59. The van der Waals surface area contributed by atoms with Crippen molar-refractivity contribution >= 4 is 23.3 Å². The number of hydrogen-bond acceptors (Lipinski definition) is 4. The molecule has 0 aliphatic carbocycles. The van der Waals surface area contributed by atoms with Crippen LogP contribution >= 0.6 is 0 Å². The van der Waals surface area contributed by atoms with Gasteiger partial charge in [-0.25, -0.2) is 0 Å². The number of nitrogens with one attached hydrogen (secondary N) is 2. The Bertz CT molecular complexity index is 548. The standard InChI is InChI=1S/C16H20N2O4/c1-11(19)12-2-4-14(5-3-12)18-15(20)10-17-16(21)13-6-8-22-9-7-13/h2-5,13H,6-10H2,1H3,(H,17,21)(H,18,20). The number of benzene rings is 1. The normalized spacial score (nSPS) is 15.1. The van der Waals surface area contributed by atoms with Crippen LogP contribution in [0, 0.1) is 5.92 Å². The van der Waals surface area contributed by atoms with Crippen LogP contribution in [0.2, 0.25) is 0 Å². The van der Waals surface area contributed by atoms with Crippen LogP contribution < -0.4 is 10.6 Å². The molecule has 1 aliphatic heterocycles. The maximum atomic E-state index is 11.9. The second-order valence-electron chi connectivity index (χ2n) is 5.29. The highest BCUT2D eigenvalue weighted by Crippen LogP contribution is 2.14. The topological polar surface area (TPSA) is 84.5 Å². The number of carbonyl (C=O) groups excluding carboxylic acids is 3. The van der Waals surface area contributed by atoms with Crippen molar-refractivity contribution in [2.24, 2.45) is 5.92 Å². The van der Waals surface area contributed by atoms with Gasteiger partial charge in [0.1, 0.15) is 0 Å². The molecule has 0 spiro atoms. The van der Waals surface area contributed by atoms with Gasteiger partial charge in [-0.3, -0.25) is 14.4 Å². The van der Waals surface area contributed by atoms with Crippen molar-refractivity contribution in [2.45, 2.75) is 19.8 Å². The lowest BCUT2D eigenvalue weighted by Crippen LogP contribution is -2.38. The zero-order valence-electron chi connectivity index (χ0n) is 12.6. The Labute approximate surface area is 129 Å². The highest BCUT2D eigenvalue weighted by Gasteiger charge is 2.21. The maximum absolute atomic E-state index is 11.9. The van der Waals surface area contributed by atoms with Gasteiger partial charge in [0.2, 0.25) is 11.8 Å². The molecule has 0 unspecified atom stereocenters. The van der Waals surface area contributed by atoms with Crippen molar-refractivity contribution < 1.29 is 19.1 Å². The zero-order valence-corrected chi connectivity index (χ0v) is 12.6. The molecule has 1 aromatic carbocycles. The molecular weight excluding hydrogens is 284 g/mol. The van der Waals surface area contributed by atoms with Crippen molar-refractivity contribution in [1.29, 1.82) is 0 Å². The summed E-state index contributed by atoms with van der Waals surface area (Å²) in [5.41, 5.74) is 1.18. The van der Waals surface area contributed by atoms with Gasteiger partial charge in [0.15, 0.2) is 5.78 Å².